The van der Waals surface area contributed by atoms with E-state index in [1.54, 1.807) is 25.3 Å². The molecule has 1 heterocycles. The molecule has 0 saturated heterocycles. The summed E-state index contributed by atoms with van der Waals surface area (Å²) in [6.07, 6.45) is 0. The van der Waals surface area contributed by atoms with E-state index in [2.05, 4.69) is 15.5 Å². The molecule has 0 aliphatic heterocycles. The minimum absolute atomic E-state index is 0.115. The van der Waals surface area contributed by atoms with Gasteiger partial charge in [-0.1, -0.05) is 41.6 Å². The topological polar surface area (TPSA) is 104 Å². The number of amides is 1. The Hall–Kier alpha value is -3.20. The first kappa shape index (κ1) is 19.6. The number of nitrogen functional groups attached to an aromatic ring is 1. The van der Waals surface area contributed by atoms with Gasteiger partial charge in [0, 0.05) is 11.6 Å². The van der Waals surface area contributed by atoms with Crippen molar-refractivity contribution in [2.75, 3.05) is 31.1 Å². The van der Waals surface area contributed by atoms with E-state index < -0.39 is 0 Å². The van der Waals surface area contributed by atoms with Gasteiger partial charge in [0.15, 0.2) is 5.82 Å². The molecule has 1 aromatic heterocycles. The molecule has 2 aromatic carbocycles. The van der Waals surface area contributed by atoms with Crippen molar-refractivity contribution in [2.45, 2.75) is 12.1 Å². The SMILES string of the molecule is COc1ccc(OC)c(NC(=O)CSc2nnc(-c3ccc(C)cc3)n2N)c1. The average molecular weight is 399 g/mol. The number of nitrogens with two attached hydrogens (primary N) is 1. The molecule has 0 aliphatic rings. The van der Waals surface area contributed by atoms with Gasteiger partial charge in [0.2, 0.25) is 11.1 Å². The van der Waals surface area contributed by atoms with Crippen LogP contribution in [0.3, 0.4) is 0 Å². The molecule has 3 rings (SSSR count). The number of methoxy groups -OCH3 is 2. The third kappa shape index (κ3) is 4.37. The minimum atomic E-state index is -0.226. The Morgan fingerprint density at radius 3 is 2.57 bits per heavy atom. The lowest BCUT2D eigenvalue weighted by atomic mass is 10.1. The molecule has 0 radical (unpaired) electrons. The molecule has 8 nitrogen and oxygen atoms in total. The van der Waals surface area contributed by atoms with Crippen molar-refractivity contribution in [1.29, 1.82) is 0 Å². The second kappa shape index (κ2) is 8.66. The van der Waals surface area contributed by atoms with E-state index in [1.807, 2.05) is 31.2 Å². The maximum Gasteiger partial charge on any atom is 0.234 e. The first-order valence-electron chi connectivity index (χ1n) is 8.44. The molecule has 28 heavy (non-hydrogen) atoms. The summed E-state index contributed by atoms with van der Waals surface area (Å²) in [4.78, 5) is 12.4. The Bertz CT molecular complexity index is 972. The van der Waals surface area contributed by atoms with Crippen LogP contribution in [-0.2, 0) is 4.79 Å². The van der Waals surface area contributed by atoms with Gasteiger partial charge in [0.1, 0.15) is 11.5 Å². The zero-order valence-corrected chi connectivity index (χ0v) is 16.6. The molecule has 0 bridgehead atoms. The molecule has 0 fully saturated rings. The smallest absolute Gasteiger partial charge is 0.234 e. The Labute approximate surface area is 167 Å². The molecule has 3 N–H and O–H groups in total. The number of nitrogens with zero attached hydrogens (tertiary/aromatic N) is 3. The number of ether oxygens (including phenoxy) is 2. The van der Waals surface area contributed by atoms with E-state index in [9.17, 15) is 4.79 Å². The maximum absolute atomic E-state index is 12.4. The van der Waals surface area contributed by atoms with Crippen LogP contribution in [0.1, 0.15) is 5.56 Å². The number of carbonyl (C=O) groups is 1. The summed E-state index contributed by atoms with van der Waals surface area (Å²) in [5.41, 5.74) is 2.53. The van der Waals surface area contributed by atoms with Gasteiger partial charge in [-0.05, 0) is 19.1 Å². The van der Waals surface area contributed by atoms with Gasteiger partial charge in [0.05, 0.1) is 25.7 Å². The van der Waals surface area contributed by atoms with Crippen LogP contribution in [0, 0.1) is 6.92 Å². The molecule has 1 amide bonds. The normalized spacial score (nSPS) is 10.5. The molecule has 0 aliphatic carbocycles. The Morgan fingerprint density at radius 2 is 1.89 bits per heavy atom. The van der Waals surface area contributed by atoms with Crippen molar-refractivity contribution in [2.24, 2.45) is 0 Å². The molecule has 0 unspecified atom stereocenters. The number of nitrogens with one attached hydrogen (secondary N) is 1. The molecule has 3 aromatic rings. The first-order valence-corrected chi connectivity index (χ1v) is 9.42. The van der Waals surface area contributed by atoms with Gasteiger partial charge >= 0.3 is 0 Å². The number of hydrogen-bond acceptors (Lipinski definition) is 7. The first-order chi connectivity index (χ1) is 13.5. The van der Waals surface area contributed by atoms with E-state index in [-0.39, 0.29) is 11.7 Å². The van der Waals surface area contributed by atoms with Gasteiger partial charge in [0.25, 0.3) is 0 Å². The lowest BCUT2D eigenvalue weighted by Gasteiger charge is -2.11. The average Bonchev–Trinajstić information content (AvgIpc) is 3.07. The minimum Gasteiger partial charge on any atom is -0.497 e. The number of hydrogen-bond donors (Lipinski definition) is 2. The summed E-state index contributed by atoms with van der Waals surface area (Å²) in [5, 5.41) is 11.5. The number of thioether (sulfide) groups is 1. The summed E-state index contributed by atoms with van der Waals surface area (Å²) in [6.45, 7) is 2.01. The van der Waals surface area contributed by atoms with Gasteiger partial charge in [-0.15, -0.1) is 10.2 Å². The second-order valence-electron chi connectivity index (χ2n) is 5.95. The van der Waals surface area contributed by atoms with E-state index in [4.69, 9.17) is 15.3 Å². The molecular formula is C19H21N5O3S. The summed E-state index contributed by atoms with van der Waals surface area (Å²) >= 11 is 1.20. The number of aromatic nitrogens is 3. The summed E-state index contributed by atoms with van der Waals surface area (Å²) < 4.78 is 11.8. The van der Waals surface area contributed by atoms with Crippen LogP contribution < -0.4 is 20.6 Å². The predicted molar refractivity (Wildman–Crippen MR) is 109 cm³/mol. The number of benzene rings is 2. The van der Waals surface area contributed by atoms with Crippen molar-refractivity contribution in [3.05, 3.63) is 48.0 Å². The van der Waals surface area contributed by atoms with Crippen LogP contribution in [0.2, 0.25) is 0 Å². The second-order valence-corrected chi connectivity index (χ2v) is 6.89. The van der Waals surface area contributed by atoms with E-state index in [0.717, 1.165) is 11.1 Å². The molecule has 0 spiro atoms. The summed E-state index contributed by atoms with van der Waals surface area (Å²) in [5.74, 6) is 7.69. The van der Waals surface area contributed by atoms with Gasteiger partial charge < -0.3 is 20.6 Å². The van der Waals surface area contributed by atoms with Crippen LogP contribution in [0.5, 0.6) is 11.5 Å². The van der Waals surface area contributed by atoms with E-state index >= 15 is 0 Å². The fraction of sp³-hybridized carbons (Fsp3) is 0.211. The highest BCUT2D eigenvalue weighted by molar-refractivity contribution is 7.99. The van der Waals surface area contributed by atoms with Crippen molar-refractivity contribution >= 4 is 23.4 Å². The number of rotatable bonds is 7. The molecule has 9 heteroatoms. The van der Waals surface area contributed by atoms with Gasteiger partial charge in [-0.25, -0.2) is 4.68 Å². The fourth-order valence-corrected chi connectivity index (χ4v) is 3.16. The standard InChI is InChI=1S/C19H21N5O3S/c1-12-4-6-13(7-5-12)18-22-23-19(24(18)20)28-11-17(25)21-15-10-14(26-2)8-9-16(15)27-3/h4-10H,11,20H2,1-3H3,(H,21,25). The molecule has 0 atom stereocenters. The van der Waals surface area contributed by atoms with Crippen molar-refractivity contribution in [3.8, 4) is 22.9 Å². The van der Waals surface area contributed by atoms with E-state index in [1.165, 1.54) is 23.5 Å². The zero-order chi connectivity index (χ0) is 20.1. The van der Waals surface area contributed by atoms with Gasteiger partial charge in [-0.3, -0.25) is 4.79 Å². The monoisotopic (exact) mass is 399 g/mol. The molecule has 146 valence electrons. The van der Waals surface area contributed by atoms with Crippen LogP contribution in [-0.4, -0.2) is 40.8 Å². The third-order valence-corrected chi connectivity index (χ3v) is 4.93. The zero-order valence-electron chi connectivity index (χ0n) is 15.8. The fourth-order valence-electron chi connectivity index (χ4n) is 2.50. The number of anilines is 1. The van der Waals surface area contributed by atoms with E-state index in [0.29, 0.717) is 28.2 Å². The highest BCUT2D eigenvalue weighted by Crippen LogP contribution is 2.29. The van der Waals surface area contributed by atoms with Crippen LogP contribution in [0.4, 0.5) is 5.69 Å². The number of carbonyl (C=O) groups excluding carboxylic acids is 1. The van der Waals surface area contributed by atoms with Crippen LogP contribution >= 0.6 is 11.8 Å². The van der Waals surface area contributed by atoms with Crippen molar-refractivity contribution < 1.29 is 14.3 Å². The number of aryl methyl sites for hydroxylation is 1. The Kier molecular flexibility index (Phi) is 6.05. The Balaban J connectivity index is 1.66. The van der Waals surface area contributed by atoms with Crippen LogP contribution in [0.15, 0.2) is 47.6 Å². The predicted octanol–water partition coefficient (Wildman–Crippen LogP) is 2.72. The highest BCUT2D eigenvalue weighted by Gasteiger charge is 2.15. The lowest BCUT2D eigenvalue weighted by molar-refractivity contribution is -0.113. The quantitative estimate of drug-likeness (QED) is 0.465. The molecule has 0 saturated carbocycles. The maximum atomic E-state index is 12.4. The third-order valence-electron chi connectivity index (χ3n) is 3.99. The molecular weight excluding hydrogens is 378 g/mol. The summed E-state index contributed by atoms with van der Waals surface area (Å²) in [6, 6.07) is 13.0. The van der Waals surface area contributed by atoms with Crippen molar-refractivity contribution in [1.82, 2.24) is 14.9 Å². The lowest BCUT2D eigenvalue weighted by Crippen LogP contribution is -2.17. The highest BCUT2D eigenvalue weighted by atomic mass is 32.2. The Morgan fingerprint density at radius 1 is 1.14 bits per heavy atom. The van der Waals surface area contributed by atoms with Crippen molar-refractivity contribution in [3.63, 3.8) is 0 Å². The largest absolute Gasteiger partial charge is 0.497 e. The van der Waals surface area contributed by atoms with Crippen LogP contribution in [0.25, 0.3) is 11.4 Å². The van der Waals surface area contributed by atoms with Gasteiger partial charge in [-0.2, -0.15) is 0 Å². The summed E-state index contributed by atoms with van der Waals surface area (Å²) in [7, 11) is 3.10.